The molecule has 4 radical (unpaired) electrons. The van der Waals surface area contributed by atoms with E-state index in [-0.39, 0.29) is 51.7 Å². The summed E-state index contributed by atoms with van der Waals surface area (Å²) in [6, 6.07) is 0. The Morgan fingerprint density at radius 1 is 0.364 bits per heavy atom. The summed E-state index contributed by atoms with van der Waals surface area (Å²) in [5, 5.41) is 0. The van der Waals surface area contributed by atoms with Gasteiger partial charge in [0.1, 0.15) is 0 Å². The van der Waals surface area contributed by atoms with Crippen LogP contribution < -0.4 is 18.1 Å². The maximum Gasteiger partial charge on any atom is 3.00 e. The second kappa shape index (κ2) is 39.4. The molecule has 22 heavy (non-hydrogen) atoms. The molecule has 15 nitrogen and oxygen atoms in total. The predicted molar refractivity (Wildman–Crippen MR) is 18.4 cm³/mol. The van der Waals surface area contributed by atoms with E-state index in [1.54, 1.807) is 0 Å². The van der Waals surface area contributed by atoms with Crippen LogP contribution in [0.25, 0.3) is 0 Å². The Morgan fingerprint density at radius 2 is 0.364 bits per heavy atom. The summed E-state index contributed by atoms with van der Waals surface area (Å²) < 4.78 is 129. The van der Waals surface area contributed by atoms with Crippen LogP contribution in [0.15, 0.2) is 0 Å². The van der Waals surface area contributed by atoms with Crippen LogP contribution in [0.3, 0.4) is 0 Å². The Balaban J connectivity index is -0.0000000250. The van der Waals surface area contributed by atoms with E-state index in [9.17, 15) is 0 Å². The van der Waals surface area contributed by atoms with Gasteiger partial charge in [-0.25, -0.2) is 0 Å². The molecule has 0 aliphatic carbocycles. The minimum Gasteiger partial charge on any atom is 2.00 e. The molecule has 0 atom stereocenters. The van der Waals surface area contributed by atoms with Crippen molar-refractivity contribution >= 4 is 51.7 Å². The Morgan fingerprint density at radius 3 is 0.364 bits per heavy atom. The fourth-order valence-corrected chi connectivity index (χ4v) is 0. The Bertz CT molecular complexity index is 386. The first kappa shape index (κ1) is 44.6. The average Bonchev–Trinajstić information content (AvgIpc) is 1.94. The molecule has 0 aliphatic rings. The molecule has 22 heteroatoms. The molecular weight excluding hydrogens is 1030 g/mol. The first-order valence-electron chi connectivity index (χ1n) is 2.74. The van der Waals surface area contributed by atoms with Crippen molar-refractivity contribution in [2.24, 2.45) is 0 Å². The molecule has 124 valence electrons. The van der Waals surface area contributed by atoms with Gasteiger partial charge in [-0.05, 0) is 0 Å². The van der Waals surface area contributed by atoms with E-state index in [1.807, 2.05) is 0 Å². The van der Waals surface area contributed by atoms with Crippen LogP contribution in [0.1, 0.15) is 0 Å². The largest absolute Gasteiger partial charge is 3.00 e. The molecule has 0 N–H and O–H groups in total. The van der Waals surface area contributed by atoms with Crippen molar-refractivity contribution in [1.29, 1.82) is 0 Å². The average molecular weight is 1030 g/mol. The molecule has 0 aromatic heterocycles. The predicted octanol–water partition coefficient (Wildman–Crippen LogP) is -7.91. The van der Waals surface area contributed by atoms with E-state index in [0.717, 1.165) is 0 Å². The minimum atomic E-state index is -4.20. The fraction of sp³-hybridized carbons (Fsp3) is 0. The van der Waals surface area contributed by atoms with Crippen LogP contribution in [0.5, 0.6) is 0 Å². The van der Waals surface area contributed by atoms with Gasteiger partial charge in [0.2, 0.25) is 0 Å². The van der Waals surface area contributed by atoms with Crippen molar-refractivity contribution in [3.63, 3.8) is 0 Å². The van der Waals surface area contributed by atoms with Gasteiger partial charge in [-0.1, -0.05) is 0 Å². The van der Waals surface area contributed by atoms with Gasteiger partial charge in [0.15, 0.2) is 0 Å². The second-order valence-electron chi connectivity index (χ2n) is 1.12. The molecule has 0 fully saturated rings. The Labute approximate surface area is 192 Å². The van der Waals surface area contributed by atoms with Gasteiger partial charge < -0.3 is 0 Å². The van der Waals surface area contributed by atoms with Gasteiger partial charge in [-0.15, -0.1) is 0 Å². The standard InChI is InChI=1S/5Nb.15O.Pb.Sb/q;;;;;;;;;;;;;;;5*-1;+2;+3. The zero-order chi connectivity index (χ0) is 17.9. The maximum absolute atomic E-state index is 8.60. The van der Waals surface area contributed by atoms with Gasteiger partial charge in [0, 0.05) is 0 Å². The first-order valence-corrected chi connectivity index (χ1v) is 16.2. The zero-order valence-corrected chi connectivity index (χ0v) is 26.7. The smallest absolute Gasteiger partial charge is 2.00 e. The molecule has 0 amide bonds. The summed E-state index contributed by atoms with van der Waals surface area (Å²) in [4.78, 5) is 0. The molecule has 0 bridgehead atoms. The molecule has 0 rings (SSSR count). The third-order valence-electron chi connectivity index (χ3n) is 0. The molecule has 0 saturated heterocycles. The third kappa shape index (κ3) is 1090. The summed E-state index contributed by atoms with van der Waals surface area (Å²) in [6.07, 6.45) is 0. The number of rotatable bonds is 0. The summed E-state index contributed by atoms with van der Waals surface area (Å²) in [5.74, 6) is 0. The summed E-state index contributed by atoms with van der Waals surface area (Å²) in [5.41, 5.74) is 0. The molecule has 0 spiro atoms. The van der Waals surface area contributed by atoms with Crippen molar-refractivity contribution in [2.45, 2.75) is 0 Å². The molecule has 0 aromatic carbocycles. The van der Waals surface area contributed by atoms with E-state index < -0.39 is 93.9 Å². The molecule has 0 aliphatic heterocycles. The van der Waals surface area contributed by atoms with Crippen LogP contribution in [0.2, 0.25) is 0 Å². The van der Waals surface area contributed by atoms with Gasteiger partial charge in [0.05, 0.1) is 0 Å². The van der Waals surface area contributed by atoms with Gasteiger partial charge in [0.25, 0.3) is 0 Å². The van der Waals surface area contributed by atoms with Gasteiger partial charge >= 0.3 is 196 Å². The normalized spacial score (nSPS) is 5.68. The molecule has 0 aromatic rings. The maximum atomic E-state index is 8.60. The van der Waals surface area contributed by atoms with Gasteiger partial charge in [-0.2, -0.15) is 0 Å². The molecule has 0 saturated carbocycles. The van der Waals surface area contributed by atoms with E-state index in [4.69, 9.17) is 50.6 Å². The van der Waals surface area contributed by atoms with E-state index in [2.05, 4.69) is 0 Å². The van der Waals surface area contributed by atoms with Crippen molar-refractivity contribution in [1.82, 2.24) is 0 Å². The first-order chi connectivity index (χ1) is 8.66. The van der Waals surface area contributed by atoms with E-state index >= 15 is 0 Å². The quantitative estimate of drug-likeness (QED) is 0.204. The fourth-order valence-electron chi connectivity index (χ4n) is 0. The third-order valence-corrected chi connectivity index (χ3v) is 0. The van der Waals surface area contributed by atoms with Crippen molar-refractivity contribution in [3.8, 4) is 0 Å². The monoisotopic (exact) mass is 1030 g/mol. The SMILES string of the molecule is [O]=[Nb](=[O])[O-].[O]=[Nb](=[O])[O-].[O]=[Nb](=[O])[O-].[O]=[Nb](=[O])[O-].[O]=[Nb](=[O])[O-].[Pb+2].[Sb+3]. The van der Waals surface area contributed by atoms with Crippen LogP contribution in [0.4, 0.5) is 0 Å². The van der Waals surface area contributed by atoms with E-state index in [0.29, 0.717) is 0 Å². The molecule has 0 heterocycles. The Kier molecular flexibility index (Phi) is 79.7. The Hall–Kier alpha value is 3.24. The van der Waals surface area contributed by atoms with Crippen LogP contribution >= 0.6 is 0 Å². The zero-order valence-electron chi connectivity index (χ0n) is 9.31. The van der Waals surface area contributed by atoms with E-state index in [1.165, 1.54) is 0 Å². The van der Waals surface area contributed by atoms with Gasteiger partial charge in [-0.3, -0.25) is 0 Å². The topological polar surface area (TPSA) is 286 Å². The van der Waals surface area contributed by atoms with Crippen molar-refractivity contribution in [3.05, 3.63) is 0 Å². The summed E-state index contributed by atoms with van der Waals surface area (Å²) >= 11 is -21.0. The molecule has 0 unspecified atom stereocenters. The number of hydrogen-bond acceptors (Lipinski definition) is 15. The van der Waals surface area contributed by atoms with Crippen LogP contribution in [-0.2, 0) is 126 Å². The number of hydrogen-bond donors (Lipinski definition) is 0. The summed E-state index contributed by atoms with van der Waals surface area (Å²) in [7, 11) is 0. The van der Waals surface area contributed by atoms with Crippen molar-refractivity contribution in [2.75, 3.05) is 0 Å². The molecular formula is Nb5O15PbSb. The summed E-state index contributed by atoms with van der Waals surface area (Å²) in [6.45, 7) is 0. The second-order valence-corrected chi connectivity index (χ2v) is 6.61. The van der Waals surface area contributed by atoms with Crippen molar-refractivity contribution < 1.29 is 145 Å². The minimum absolute atomic E-state index is 0. The van der Waals surface area contributed by atoms with Crippen LogP contribution in [0, 0.1) is 0 Å². The van der Waals surface area contributed by atoms with Crippen LogP contribution in [-0.4, -0.2) is 51.7 Å².